The van der Waals surface area contributed by atoms with Crippen molar-refractivity contribution in [3.63, 3.8) is 0 Å². The van der Waals surface area contributed by atoms with Gasteiger partial charge < -0.3 is 9.64 Å². The molecule has 0 fully saturated rings. The first-order valence-electron chi connectivity index (χ1n) is 5.49. The Labute approximate surface area is 115 Å². The van der Waals surface area contributed by atoms with Crippen molar-refractivity contribution in [2.45, 2.75) is 13.3 Å². The molecule has 1 rings (SSSR count). The second-order valence-corrected chi connectivity index (χ2v) is 4.83. The van der Waals surface area contributed by atoms with Crippen LogP contribution in [0.15, 0.2) is 22.7 Å². The van der Waals surface area contributed by atoms with Crippen LogP contribution < -0.4 is 9.64 Å². The van der Waals surface area contributed by atoms with E-state index in [1.54, 1.807) is 44.2 Å². The summed E-state index contributed by atoms with van der Waals surface area (Å²) in [6.45, 7) is 1.75. The molecule has 0 saturated heterocycles. The minimum Gasteiger partial charge on any atom is -0.497 e. The molecule has 18 heavy (non-hydrogen) atoms. The van der Waals surface area contributed by atoms with Crippen molar-refractivity contribution in [3.05, 3.63) is 22.7 Å². The van der Waals surface area contributed by atoms with Gasteiger partial charge in [-0.25, -0.2) is 0 Å². The maximum atomic E-state index is 12.1. The molecule has 1 unspecified atom stereocenters. The van der Waals surface area contributed by atoms with Gasteiger partial charge in [0.25, 0.3) is 0 Å². The van der Waals surface area contributed by atoms with E-state index in [4.69, 9.17) is 10.00 Å². The lowest BCUT2D eigenvalue weighted by Gasteiger charge is -2.21. The van der Waals surface area contributed by atoms with Crippen molar-refractivity contribution in [3.8, 4) is 11.8 Å². The van der Waals surface area contributed by atoms with Crippen LogP contribution in [0.2, 0.25) is 0 Å². The summed E-state index contributed by atoms with van der Waals surface area (Å²) in [5.74, 6) is 0.327. The molecular weight excluding hydrogens is 296 g/mol. The van der Waals surface area contributed by atoms with Gasteiger partial charge in [-0.15, -0.1) is 0 Å². The highest BCUT2D eigenvalue weighted by molar-refractivity contribution is 9.10. The summed E-state index contributed by atoms with van der Waals surface area (Å²) in [7, 11) is 3.29. The second-order valence-electron chi connectivity index (χ2n) is 3.98. The van der Waals surface area contributed by atoms with Crippen LogP contribution >= 0.6 is 15.9 Å². The number of hydrogen-bond donors (Lipinski definition) is 0. The van der Waals surface area contributed by atoms with Crippen molar-refractivity contribution in [2.75, 3.05) is 19.1 Å². The number of nitrogens with zero attached hydrogens (tertiary/aromatic N) is 2. The number of rotatable bonds is 4. The summed E-state index contributed by atoms with van der Waals surface area (Å²) in [6.07, 6.45) is 0.219. The van der Waals surface area contributed by atoms with E-state index in [9.17, 15) is 4.79 Å². The van der Waals surface area contributed by atoms with E-state index in [2.05, 4.69) is 15.9 Å². The maximum Gasteiger partial charge on any atom is 0.230 e. The van der Waals surface area contributed by atoms with Crippen LogP contribution in [0.3, 0.4) is 0 Å². The topological polar surface area (TPSA) is 53.3 Å². The molecule has 0 aliphatic rings. The fourth-order valence-electron chi connectivity index (χ4n) is 1.56. The number of methoxy groups -OCH3 is 1. The summed E-state index contributed by atoms with van der Waals surface area (Å²) in [5, 5.41) is 8.61. The molecule has 1 aromatic rings. The third-order valence-electron chi connectivity index (χ3n) is 2.67. The molecule has 0 saturated carbocycles. The molecule has 0 heterocycles. The SMILES string of the molecule is COc1ccc(N(C)C(=O)C(C)CC#N)c(Br)c1. The highest BCUT2D eigenvalue weighted by atomic mass is 79.9. The van der Waals surface area contributed by atoms with Gasteiger partial charge in [0.1, 0.15) is 5.75 Å². The van der Waals surface area contributed by atoms with E-state index in [0.29, 0.717) is 0 Å². The molecular formula is C13H15BrN2O2. The fraction of sp³-hybridized carbons (Fsp3) is 0.385. The normalized spacial score (nSPS) is 11.5. The highest BCUT2D eigenvalue weighted by Crippen LogP contribution is 2.30. The van der Waals surface area contributed by atoms with Gasteiger partial charge in [-0.2, -0.15) is 5.26 Å². The Morgan fingerprint density at radius 3 is 2.78 bits per heavy atom. The molecule has 0 spiro atoms. The van der Waals surface area contributed by atoms with E-state index >= 15 is 0 Å². The quantitative estimate of drug-likeness (QED) is 0.859. The fourth-order valence-corrected chi connectivity index (χ4v) is 2.18. The number of halogens is 1. The molecule has 1 atom stereocenters. The third-order valence-corrected chi connectivity index (χ3v) is 3.30. The number of carbonyl (C=O) groups excluding carboxylic acids is 1. The number of ether oxygens (including phenoxy) is 1. The summed E-state index contributed by atoms with van der Waals surface area (Å²) >= 11 is 3.41. The molecule has 0 aromatic heterocycles. The van der Waals surface area contributed by atoms with Gasteiger partial charge in [0.15, 0.2) is 0 Å². The third kappa shape index (κ3) is 3.23. The zero-order chi connectivity index (χ0) is 13.7. The van der Waals surface area contributed by atoms with Gasteiger partial charge >= 0.3 is 0 Å². The average Bonchev–Trinajstić information content (AvgIpc) is 2.37. The Kier molecular flexibility index (Phi) is 5.17. The monoisotopic (exact) mass is 310 g/mol. The van der Waals surface area contributed by atoms with Crippen molar-refractivity contribution in [1.29, 1.82) is 5.26 Å². The van der Waals surface area contributed by atoms with E-state index in [1.165, 1.54) is 0 Å². The molecule has 96 valence electrons. The Morgan fingerprint density at radius 1 is 1.61 bits per heavy atom. The van der Waals surface area contributed by atoms with Crippen LogP contribution in [0, 0.1) is 17.2 Å². The largest absolute Gasteiger partial charge is 0.497 e. The number of nitriles is 1. The molecule has 0 aliphatic carbocycles. The van der Waals surface area contributed by atoms with Crippen molar-refractivity contribution >= 4 is 27.5 Å². The van der Waals surface area contributed by atoms with Gasteiger partial charge in [0.2, 0.25) is 5.91 Å². The van der Waals surface area contributed by atoms with E-state index in [1.807, 2.05) is 6.07 Å². The minimum atomic E-state index is -0.311. The summed E-state index contributed by atoms with van der Waals surface area (Å²) in [6, 6.07) is 7.40. The van der Waals surface area contributed by atoms with Crippen molar-refractivity contribution < 1.29 is 9.53 Å². The van der Waals surface area contributed by atoms with Crippen LogP contribution in [0.25, 0.3) is 0 Å². The lowest BCUT2D eigenvalue weighted by Crippen LogP contribution is -2.31. The maximum absolute atomic E-state index is 12.1. The standard InChI is InChI=1S/C13H15BrN2O2/c1-9(6-7-15)13(17)16(2)12-5-4-10(18-3)8-11(12)14/h4-5,8-9H,6H2,1-3H3. The molecule has 0 aliphatic heterocycles. The Balaban J connectivity index is 2.94. The first kappa shape index (κ1) is 14.5. The summed E-state index contributed by atoms with van der Waals surface area (Å²) < 4.78 is 5.88. The highest BCUT2D eigenvalue weighted by Gasteiger charge is 2.20. The van der Waals surface area contributed by atoms with Crippen molar-refractivity contribution in [2.24, 2.45) is 5.92 Å². The Bertz CT molecular complexity index is 482. The smallest absolute Gasteiger partial charge is 0.230 e. The Morgan fingerprint density at radius 2 is 2.28 bits per heavy atom. The molecule has 5 heteroatoms. The zero-order valence-corrected chi connectivity index (χ0v) is 12.2. The predicted octanol–water partition coefficient (Wildman–Crippen LogP) is 2.97. The van der Waals surface area contributed by atoms with Crippen LogP contribution in [0.1, 0.15) is 13.3 Å². The van der Waals surface area contributed by atoms with Gasteiger partial charge in [0, 0.05) is 23.9 Å². The molecule has 1 amide bonds. The van der Waals surface area contributed by atoms with Gasteiger partial charge in [-0.05, 0) is 34.1 Å². The second kappa shape index (κ2) is 6.41. The Hall–Kier alpha value is -1.54. The molecule has 1 aromatic carbocycles. The summed E-state index contributed by atoms with van der Waals surface area (Å²) in [5.41, 5.74) is 0.755. The molecule has 4 nitrogen and oxygen atoms in total. The van der Waals surface area contributed by atoms with Crippen molar-refractivity contribution in [1.82, 2.24) is 0 Å². The summed E-state index contributed by atoms with van der Waals surface area (Å²) in [4.78, 5) is 13.6. The zero-order valence-electron chi connectivity index (χ0n) is 10.6. The lowest BCUT2D eigenvalue weighted by atomic mass is 10.1. The number of anilines is 1. The number of amides is 1. The van der Waals surface area contributed by atoms with Gasteiger partial charge in [-0.3, -0.25) is 4.79 Å². The van der Waals surface area contributed by atoms with Crippen LogP contribution in [0.4, 0.5) is 5.69 Å². The first-order valence-corrected chi connectivity index (χ1v) is 6.28. The van der Waals surface area contributed by atoms with Gasteiger partial charge in [-0.1, -0.05) is 6.92 Å². The van der Waals surface area contributed by atoms with Crippen LogP contribution in [-0.2, 0) is 4.79 Å². The predicted molar refractivity (Wildman–Crippen MR) is 73.5 cm³/mol. The number of carbonyl (C=O) groups is 1. The average molecular weight is 311 g/mol. The number of benzene rings is 1. The van der Waals surface area contributed by atoms with Crippen LogP contribution in [-0.4, -0.2) is 20.1 Å². The molecule has 0 radical (unpaired) electrons. The van der Waals surface area contributed by atoms with E-state index < -0.39 is 0 Å². The molecule has 0 N–H and O–H groups in total. The number of hydrogen-bond acceptors (Lipinski definition) is 3. The minimum absolute atomic E-state index is 0.0811. The van der Waals surface area contributed by atoms with E-state index in [-0.39, 0.29) is 18.2 Å². The first-order chi connectivity index (χ1) is 8.51. The molecule has 0 bridgehead atoms. The van der Waals surface area contributed by atoms with E-state index in [0.717, 1.165) is 15.9 Å². The van der Waals surface area contributed by atoms with Gasteiger partial charge in [0.05, 0.1) is 18.9 Å². The van der Waals surface area contributed by atoms with Crippen LogP contribution in [0.5, 0.6) is 5.75 Å². The lowest BCUT2D eigenvalue weighted by molar-refractivity contribution is -0.121.